The van der Waals surface area contributed by atoms with Crippen molar-refractivity contribution in [2.24, 2.45) is 17.8 Å². The SMILES string of the molecule is CC(C)C1CNCC1C#N. The first-order valence-electron chi connectivity index (χ1n) is 3.86. The van der Waals surface area contributed by atoms with E-state index >= 15 is 0 Å². The number of nitriles is 1. The summed E-state index contributed by atoms with van der Waals surface area (Å²) in [6, 6.07) is 2.33. The lowest BCUT2D eigenvalue weighted by molar-refractivity contribution is 0.369. The molecule has 1 rings (SSSR count). The quantitative estimate of drug-likeness (QED) is 0.586. The topological polar surface area (TPSA) is 35.8 Å². The Morgan fingerprint density at radius 2 is 2.20 bits per heavy atom. The lowest BCUT2D eigenvalue weighted by Crippen LogP contribution is -2.16. The number of nitrogens with one attached hydrogen (secondary N) is 1. The Balaban J connectivity index is 2.52. The first-order chi connectivity index (χ1) is 4.75. The maximum atomic E-state index is 8.70. The third-order valence-electron chi connectivity index (χ3n) is 2.28. The average molecular weight is 138 g/mol. The Labute approximate surface area is 62.2 Å². The highest BCUT2D eigenvalue weighted by atomic mass is 14.9. The van der Waals surface area contributed by atoms with Crippen LogP contribution in [0.5, 0.6) is 0 Å². The van der Waals surface area contributed by atoms with Crippen molar-refractivity contribution in [2.75, 3.05) is 13.1 Å². The van der Waals surface area contributed by atoms with E-state index < -0.39 is 0 Å². The van der Waals surface area contributed by atoms with Crippen molar-refractivity contribution in [3.8, 4) is 6.07 Å². The monoisotopic (exact) mass is 138 g/mol. The zero-order valence-corrected chi connectivity index (χ0v) is 6.59. The van der Waals surface area contributed by atoms with E-state index in [1.54, 1.807) is 0 Å². The van der Waals surface area contributed by atoms with Crippen LogP contribution in [0.1, 0.15) is 13.8 Å². The zero-order chi connectivity index (χ0) is 7.56. The van der Waals surface area contributed by atoms with Crippen LogP contribution in [0.15, 0.2) is 0 Å². The van der Waals surface area contributed by atoms with Crippen LogP contribution in [-0.4, -0.2) is 13.1 Å². The van der Waals surface area contributed by atoms with E-state index in [1.165, 1.54) is 0 Å². The van der Waals surface area contributed by atoms with Crippen molar-refractivity contribution >= 4 is 0 Å². The summed E-state index contributed by atoms with van der Waals surface area (Å²) in [5, 5.41) is 11.9. The molecule has 0 bridgehead atoms. The predicted octanol–water partition coefficient (Wildman–Crippen LogP) is 1.00. The molecular formula is C8H14N2. The molecule has 2 unspecified atom stereocenters. The number of hydrogen-bond acceptors (Lipinski definition) is 2. The van der Waals surface area contributed by atoms with Gasteiger partial charge in [-0.15, -0.1) is 0 Å². The van der Waals surface area contributed by atoms with Gasteiger partial charge in [0.15, 0.2) is 0 Å². The molecule has 1 fully saturated rings. The Hall–Kier alpha value is -0.550. The Morgan fingerprint density at radius 3 is 2.60 bits per heavy atom. The molecule has 1 aliphatic heterocycles. The van der Waals surface area contributed by atoms with Gasteiger partial charge in [-0.05, 0) is 18.4 Å². The lowest BCUT2D eigenvalue weighted by Gasteiger charge is -2.15. The molecule has 1 aliphatic rings. The maximum Gasteiger partial charge on any atom is 0.0672 e. The summed E-state index contributed by atoms with van der Waals surface area (Å²) < 4.78 is 0. The third-order valence-corrected chi connectivity index (χ3v) is 2.28. The van der Waals surface area contributed by atoms with Crippen LogP contribution < -0.4 is 5.32 Å². The van der Waals surface area contributed by atoms with Crippen molar-refractivity contribution in [2.45, 2.75) is 13.8 Å². The third kappa shape index (κ3) is 1.30. The number of rotatable bonds is 1. The molecule has 1 heterocycles. The van der Waals surface area contributed by atoms with E-state index in [2.05, 4.69) is 25.2 Å². The zero-order valence-electron chi connectivity index (χ0n) is 6.59. The van der Waals surface area contributed by atoms with Gasteiger partial charge in [-0.25, -0.2) is 0 Å². The van der Waals surface area contributed by atoms with Crippen molar-refractivity contribution < 1.29 is 0 Å². The van der Waals surface area contributed by atoms with Gasteiger partial charge in [-0.1, -0.05) is 13.8 Å². The van der Waals surface area contributed by atoms with Gasteiger partial charge in [-0.3, -0.25) is 0 Å². The molecule has 1 N–H and O–H groups in total. The van der Waals surface area contributed by atoms with Crippen LogP contribution in [0.4, 0.5) is 0 Å². The Bertz CT molecular complexity index is 146. The van der Waals surface area contributed by atoms with Gasteiger partial charge in [0.1, 0.15) is 0 Å². The minimum absolute atomic E-state index is 0.250. The maximum absolute atomic E-state index is 8.70. The molecule has 1 saturated heterocycles. The molecule has 0 aromatic heterocycles. The molecule has 0 saturated carbocycles. The summed E-state index contributed by atoms with van der Waals surface area (Å²) in [6.07, 6.45) is 0. The fourth-order valence-electron chi connectivity index (χ4n) is 1.54. The molecule has 56 valence electrons. The van der Waals surface area contributed by atoms with Crippen molar-refractivity contribution in [3.05, 3.63) is 0 Å². The lowest BCUT2D eigenvalue weighted by atomic mass is 9.87. The molecular weight excluding hydrogens is 124 g/mol. The summed E-state index contributed by atoms with van der Waals surface area (Å²) >= 11 is 0. The molecule has 10 heavy (non-hydrogen) atoms. The van der Waals surface area contributed by atoms with Crippen LogP contribution in [-0.2, 0) is 0 Å². The van der Waals surface area contributed by atoms with Crippen LogP contribution in [0, 0.1) is 29.1 Å². The number of nitrogens with zero attached hydrogens (tertiary/aromatic N) is 1. The van der Waals surface area contributed by atoms with Crippen LogP contribution >= 0.6 is 0 Å². The fraction of sp³-hybridized carbons (Fsp3) is 0.875. The normalized spacial score (nSPS) is 32.6. The van der Waals surface area contributed by atoms with Crippen molar-refractivity contribution in [3.63, 3.8) is 0 Å². The van der Waals surface area contributed by atoms with E-state index in [4.69, 9.17) is 5.26 Å². The highest BCUT2D eigenvalue weighted by Gasteiger charge is 2.28. The van der Waals surface area contributed by atoms with Crippen LogP contribution in [0.3, 0.4) is 0 Å². The van der Waals surface area contributed by atoms with Gasteiger partial charge in [0, 0.05) is 6.54 Å². The molecule has 0 spiro atoms. The molecule has 2 heteroatoms. The van der Waals surface area contributed by atoms with E-state index in [9.17, 15) is 0 Å². The van der Waals surface area contributed by atoms with Crippen molar-refractivity contribution in [1.82, 2.24) is 5.32 Å². The highest BCUT2D eigenvalue weighted by molar-refractivity contribution is 4.95. The van der Waals surface area contributed by atoms with Gasteiger partial charge < -0.3 is 5.32 Å². The van der Waals surface area contributed by atoms with Crippen molar-refractivity contribution in [1.29, 1.82) is 5.26 Å². The van der Waals surface area contributed by atoms with E-state index in [0.717, 1.165) is 13.1 Å². The molecule has 0 amide bonds. The molecule has 0 aromatic carbocycles. The van der Waals surface area contributed by atoms with Gasteiger partial charge in [-0.2, -0.15) is 5.26 Å². The Kier molecular flexibility index (Phi) is 2.29. The summed E-state index contributed by atoms with van der Waals surface area (Å²) in [6.45, 7) is 6.28. The van der Waals surface area contributed by atoms with E-state index in [-0.39, 0.29) is 5.92 Å². The predicted molar refractivity (Wildman–Crippen MR) is 40.3 cm³/mol. The summed E-state index contributed by atoms with van der Waals surface area (Å²) in [5.41, 5.74) is 0. The van der Waals surface area contributed by atoms with E-state index in [1.807, 2.05) is 0 Å². The first-order valence-corrected chi connectivity index (χ1v) is 3.86. The molecule has 0 aromatic rings. The molecule has 0 radical (unpaired) electrons. The average Bonchev–Trinajstić information content (AvgIpc) is 2.33. The summed E-state index contributed by atoms with van der Waals surface area (Å²) in [4.78, 5) is 0. The standard InChI is InChI=1S/C8H14N2/c1-6(2)8-5-10-4-7(8)3-9/h6-8,10H,4-5H2,1-2H3. The van der Waals surface area contributed by atoms with Gasteiger partial charge in [0.25, 0.3) is 0 Å². The second kappa shape index (κ2) is 3.03. The van der Waals surface area contributed by atoms with Crippen LogP contribution in [0.2, 0.25) is 0 Å². The fourth-order valence-corrected chi connectivity index (χ4v) is 1.54. The second-order valence-corrected chi connectivity index (χ2v) is 3.30. The van der Waals surface area contributed by atoms with Gasteiger partial charge >= 0.3 is 0 Å². The van der Waals surface area contributed by atoms with Crippen LogP contribution in [0.25, 0.3) is 0 Å². The summed E-state index contributed by atoms with van der Waals surface area (Å²) in [5.74, 6) is 1.46. The first kappa shape index (κ1) is 7.56. The number of hydrogen-bond donors (Lipinski definition) is 1. The highest BCUT2D eigenvalue weighted by Crippen LogP contribution is 2.23. The van der Waals surface area contributed by atoms with E-state index in [0.29, 0.717) is 11.8 Å². The Morgan fingerprint density at radius 1 is 1.50 bits per heavy atom. The molecule has 0 aliphatic carbocycles. The molecule has 2 atom stereocenters. The molecule has 2 nitrogen and oxygen atoms in total. The largest absolute Gasteiger partial charge is 0.315 e. The van der Waals surface area contributed by atoms with Gasteiger partial charge in [0.2, 0.25) is 0 Å². The summed E-state index contributed by atoms with van der Waals surface area (Å²) in [7, 11) is 0. The van der Waals surface area contributed by atoms with Gasteiger partial charge in [0.05, 0.1) is 12.0 Å². The second-order valence-electron chi connectivity index (χ2n) is 3.30. The minimum atomic E-state index is 0.250. The smallest absolute Gasteiger partial charge is 0.0672 e. The minimum Gasteiger partial charge on any atom is -0.315 e.